The molecule has 0 saturated heterocycles. The van der Waals surface area contributed by atoms with Crippen molar-refractivity contribution in [3.63, 3.8) is 0 Å². The van der Waals surface area contributed by atoms with Crippen molar-refractivity contribution in [1.82, 2.24) is 0 Å². The van der Waals surface area contributed by atoms with Crippen molar-refractivity contribution in [3.8, 4) is 0 Å². The van der Waals surface area contributed by atoms with E-state index in [4.69, 9.17) is 9.90 Å². The molecule has 0 atom stereocenters. The van der Waals surface area contributed by atoms with Gasteiger partial charge in [0, 0.05) is 0 Å². The number of hydrogen-bond donors (Lipinski definition) is 1. The molecule has 0 amide bonds. The van der Waals surface area contributed by atoms with E-state index in [9.17, 15) is 0 Å². The Bertz CT molecular complexity index is 29.0. The molecule has 0 saturated carbocycles. The SMILES string of the molecule is O=[C](O)[Nb]. The molecule has 0 aromatic rings. The second-order valence-corrected chi connectivity index (χ2v) is 1.22. The maximum absolute atomic E-state index is 9.02. The van der Waals surface area contributed by atoms with Crippen molar-refractivity contribution in [1.29, 1.82) is 0 Å². The molecule has 0 unspecified atom stereocenters. The summed E-state index contributed by atoms with van der Waals surface area (Å²) in [5.41, 5.74) is 0. The van der Waals surface area contributed by atoms with Crippen LogP contribution < -0.4 is 0 Å². The summed E-state index contributed by atoms with van der Waals surface area (Å²) >= 11 is 0.789. The molecule has 3 heteroatoms. The van der Waals surface area contributed by atoms with E-state index in [1.165, 1.54) is 0 Å². The molecule has 1 N–H and O–H groups in total. The van der Waals surface area contributed by atoms with Crippen LogP contribution in [0.15, 0.2) is 0 Å². The van der Waals surface area contributed by atoms with Gasteiger partial charge in [-0.3, -0.25) is 0 Å². The van der Waals surface area contributed by atoms with Crippen LogP contribution in [-0.2, 0) is 21.1 Å². The molecule has 0 bridgehead atoms. The average molecular weight is 138 g/mol. The molecule has 0 aromatic carbocycles. The zero-order valence-corrected chi connectivity index (χ0v) is 4.00. The first-order valence-electron chi connectivity index (χ1n) is 0.651. The summed E-state index contributed by atoms with van der Waals surface area (Å²) in [6.45, 7) is 0. The molecule has 0 heterocycles. The van der Waals surface area contributed by atoms with Gasteiger partial charge in [0.1, 0.15) is 0 Å². The summed E-state index contributed by atoms with van der Waals surface area (Å²) in [6, 6.07) is 0. The Hall–Kier alpha value is 0.210. The molecular weight excluding hydrogens is 137 g/mol. The van der Waals surface area contributed by atoms with E-state index in [1.54, 1.807) is 0 Å². The van der Waals surface area contributed by atoms with E-state index in [2.05, 4.69) is 0 Å². The fourth-order valence-electron chi connectivity index (χ4n) is 0. The third kappa shape index (κ3) is 73.2. The van der Waals surface area contributed by atoms with Crippen molar-refractivity contribution in [3.05, 3.63) is 0 Å². The van der Waals surface area contributed by atoms with Gasteiger partial charge in [-0.1, -0.05) is 0 Å². The second kappa shape index (κ2) is 1.52. The van der Waals surface area contributed by atoms with E-state index in [1.807, 2.05) is 0 Å². The quantitative estimate of drug-likeness (QED) is 0.485. The maximum atomic E-state index is 9.02. The van der Waals surface area contributed by atoms with Crippen LogP contribution in [0.25, 0.3) is 0 Å². The van der Waals surface area contributed by atoms with Crippen molar-refractivity contribution in [2.24, 2.45) is 0 Å². The van der Waals surface area contributed by atoms with Gasteiger partial charge < -0.3 is 0 Å². The summed E-state index contributed by atoms with van der Waals surface area (Å²) in [6.07, 6.45) is 0. The summed E-state index contributed by atoms with van der Waals surface area (Å²) in [5, 5.41) is 7.44. The molecule has 2 nitrogen and oxygen atoms in total. The first-order chi connectivity index (χ1) is 1.73. The fraction of sp³-hybridized carbons (Fsp3) is 0. The molecule has 0 aromatic heterocycles. The fourth-order valence-corrected chi connectivity index (χ4v) is 0. The minimum atomic E-state index is -0.783. The molecule has 0 aliphatic rings. The molecule has 0 spiro atoms. The van der Waals surface area contributed by atoms with Gasteiger partial charge in [0.2, 0.25) is 0 Å². The Morgan fingerprint density at radius 1 is 2.00 bits per heavy atom. The Kier molecular flexibility index (Phi) is 1.60. The zero-order chi connectivity index (χ0) is 3.58. The van der Waals surface area contributed by atoms with Crippen LogP contribution >= 0.6 is 0 Å². The van der Waals surface area contributed by atoms with Gasteiger partial charge in [0.05, 0.1) is 0 Å². The number of rotatable bonds is 0. The van der Waals surface area contributed by atoms with E-state index >= 15 is 0 Å². The number of carboxylic acid groups (broad SMARTS) is 1. The Labute approximate surface area is 35.7 Å². The summed E-state index contributed by atoms with van der Waals surface area (Å²) in [7, 11) is 0. The first-order valence-corrected chi connectivity index (χ1v) is 1.75. The normalized spacial score (nSPS) is 6.00. The van der Waals surface area contributed by atoms with Crippen LogP contribution in [0, 0.1) is 0 Å². The Morgan fingerprint density at radius 2 is 2.00 bits per heavy atom. The number of carbonyl (C=O) groups is 1. The van der Waals surface area contributed by atoms with Crippen LogP contribution in [0.2, 0.25) is 0 Å². The van der Waals surface area contributed by atoms with Gasteiger partial charge in [-0.05, 0) is 0 Å². The first kappa shape index (κ1) is 4.21. The van der Waals surface area contributed by atoms with Crippen LogP contribution in [0.4, 0.5) is 4.79 Å². The van der Waals surface area contributed by atoms with Crippen molar-refractivity contribution < 1.29 is 31.0 Å². The molecule has 4 heavy (non-hydrogen) atoms. The van der Waals surface area contributed by atoms with E-state index in [-0.39, 0.29) is 0 Å². The summed E-state index contributed by atoms with van der Waals surface area (Å²) in [4.78, 5) is 9.02. The van der Waals surface area contributed by atoms with Crippen LogP contribution in [-0.4, -0.2) is 9.29 Å². The number of hydrogen-bond acceptors (Lipinski definition) is 1. The van der Waals surface area contributed by atoms with Gasteiger partial charge >= 0.3 is 35.2 Å². The molecule has 0 aliphatic carbocycles. The molecule has 0 rings (SSSR count). The van der Waals surface area contributed by atoms with Gasteiger partial charge in [-0.25, -0.2) is 0 Å². The molecule has 22 valence electrons. The van der Waals surface area contributed by atoms with Gasteiger partial charge in [-0.15, -0.1) is 0 Å². The molecular formula is CHNbO2. The minimum absolute atomic E-state index is 0.783. The zero-order valence-electron chi connectivity index (χ0n) is 1.80. The molecule has 0 aliphatic heterocycles. The van der Waals surface area contributed by atoms with Crippen molar-refractivity contribution in [2.75, 3.05) is 0 Å². The Morgan fingerprint density at radius 3 is 2.00 bits per heavy atom. The van der Waals surface area contributed by atoms with E-state index in [0.29, 0.717) is 0 Å². The molecule has 0 radical (unpaired) electrons. The van der Waals surface area contributed by atoms with Crippen LogP contribution in [0.3, 0.4) is 0 Å². The van der Waals surface area contributed by atoms with Gasteiger partial charge in [0.25, 0.3) is 0 Å². The Balaban J connectivity index is 2.80. The summed E-state index contributed by atoms with van der Waals surface area (Å²) < 4.78 is -0.783. The van der Waals surface area contributed by atoms with E-state index < -0.39 is 4.19 Å². The van der Waals surface area contributed by atoms with E-state index in [0.717, 1.165) is 21.1 Å². The van der Waals surface area contributed by atoms with Crippen molar-refractivity contribution >= 4 is 4.19 Å². The second-order valence-electron chi connectivity index (χ2n) is 0.283. The standard InChI is InChI=1S/CHO2.Nb/c2-1-3;/h(H,2,3);. The van der Waals surface area contributed by atoms with Crippen LogP contribution in [0.1, 0.15) is 0 Å². The molecule has 0 fully saturated rings. The average Bonchev–Trinajstić information content (AvgIpc) is 0.811. The third-order valence-electron chi connectivity index (χ3n) is 0. The van der Waals surface area contributed by atoms with Crippen molar-refractivity contribution in [2.45, 2.75) is 0 Å². The van der Waals surface area contributed by atoms with Crippen LogP contribution in [0.5, 0.6) is 0 Å². The van der Waals surface area contributed by atoms with Gasteiger partial charge in [0.15, 0.2) is 0 Å². The predicted octanol–water partition coefficient (Wildman–Crippen LogP) is 0.211. The summed E-state index contributed by atoms with van der Waals surface area (Å²) in [5.74, 6) is 0. The topological polar surface area (TPSA) is 37.3 Å². The third-order valence-corrected chi connectivity index (χ3v) is 0. The van der Waals surface area contributed by atoms with Gasteiger partial charge in [-0.2, -0.15) is 0 Å². The predicted molar refractivity (Wildman–Crippen MR) is 8.02 cm³/mol. The monoisotopic (exact) mass is 138 g/mol.